The fourth-order valence-electron chi connectivity index (χ4n) is 2.56. The number of rotatable bonds is 3. The lowest BCUT2D eigenvalue weighted by atomic mass is 9.98. The third kappa shape index (κ3) is 3.06. The first-order chi connectivity index (χ1) is 10.2. The minimum atomic E-state index is -0.119. The molecule has 21 heavy (non-hydrogen) atoms. The molecule has 108 valence electrons. The summed E-state index contributed by atoms with van der Waals surface area (Å²) in [4.78, 5) is 12.2. The maximum Gasteiger partial charge on any atom is 0.251 e. The number of benzene rings is 2. The maximum atomic E-state index is 12.2. The van der Waals surface area contributed by atoms with Gasteiger partial charge >= 0.3 is 0 Å². The van der Waals surface area contributed by atoms with Gasteiger partial charge in [-0.3, -0.25) is 4.79 Å². The molecule has 4 heteroatoms. The van der Waals surface area contributed by atoms with Gasteiger partial charge < -0.3 is 15.7 Å². The molecule has 0 aliphatic carbocycles. The molecule has 0 atom stereocenters. The van der Waals surface area contributed by atoms with Gasteiger partial charge in [-0.2, -0.15) is 0 Å². The molecule has 1 aliphatic rings. The standard InChI is InChI=1S/C17H18N2O2/c20-16-4-2-1-3-14(16)11-19-17(21)13-6-5-12-7-8-18-10-15(12)9-13/h1-6,9,18,20H,7-8,10-11H2,(H,19,21). The Bertz CT molecular complexity index is 668. The van der Waals surface area contributed by atoms with E-state index in [4.69, 9.17) is 0 Å². The van der Waals surface area contributed by atoms with Crippen LogP contribution in [0.25, 0.3) is 0 Å². The van der Waals surface area contributed by atoms with Crippen molar-refractivity contribution in [2.75, 3.05) is 6.54 Å². The van der Waals surface area contributed by atoms with E-state index in [1.54, 1.807) is 18.2 Å². The van der Waals surface area contributed by atoms with E-state index in [0.717, 1.165) is 19.5 Å². The van der Waals surface area contributed by atoms with E-state index in [2.05, 4.69) is 10.6 Å². The highest BCUT2D eigenvalue weighted by atomic mass is 16.3. The predicted octanol–water partition coefficient (Wildman–Crippen LogP) is 1.97. The zero-order valence-corrected chi connectivity index (χ0v) is 11.7. The summed E-state index contributed by atoms with van der Waals surface area (Å²) in [5.41, 5.74) is 3.88. The molecule has 0 spiro atoms. The van der Waals surface area contributed by atoms with E-state index in [0.29, 0.717) is 17.7 Å². The smallest absolute Gasteiger partial charge is 0.251 e. The molecule has 0 saturated carbocycles. The molecule has 2 aromatic carbocycles. The van der Waals surface area contributed by atoms with Crippen LogP contribution in [0.2, 0.25) is 0 Å². The Kier molecular flexibility index (Phi) is 3.88. The van der Waals surface area contributed by atoms with Crippen molar-refractivity contribution in [2.45, 2.75) is 19.5 Å². The number of nitrogens with one attached hydrogen (secondary N) is 2. The molecule has 0 aromatic heterocycles. The largest absolute Gasteiger partial charge is 0.508 e. The first-order valence-corrected chi connectivity index (χ1v) is 7.11. The normalized spacial score (nSPS) is 13.5. The second-order valence-electron chi connectivity index (χ2n) is 5.22. The van der Waals surface area contributed by atoms with E-state index < -0.39 is 0 Å². The molecule has 3 rings (SSSR count). The van der Waals surface area contributed by atoms with Crippen molar-refractivity contribution in [1.82, 2.24) is 10.6 Å². The average molecular weight is 282 g/mol. The minimum absolute atomic E-state index is 0.119. The van der Waals surface area contributed by atoms with E-state index in [9.17, 15) is 9.90 Å². The van der Waals surface area contributed by atoms with Crippen molar-refractivity contribution in [3.63, 3.8) is 0 Å². The van der Waals surface area contributed by atoms with E-state index >= 15 is 0 Å². The number of fused-ring (bicyclic) bond motifs is 1. The summed E-state index contributed by atoms with van der Waals surface area (Å²) < 4.78 is 0. The van der Waals surface area contributed by atoms with E-state index in [1.807, 2.05) is 24.3 Å². The van der Waals surface area contributed by atoms with E-state index in [1.165, 1.54) is 11.1 Å². The van der Waals surface area contributed by atoms with Gasteiger partial charge in [0.15, 0.2) is 0 Å². The number of hydrogen-bond acceptors (Lipinski definition) is 3. The van der Waals surface area contributed by atoms with Crippen LogP contribution >= 0.6 is 0 Å². The molecule has 1 heterocycles. The molecular formula is C17H18N2O2. The molecule has 0 radical (unpaired) electrons. The first kappa shape index (κ1) is 13.6. The van der Waals surface area contributed by atoms with Crippen LogP contribution in [0.5, 0.6) is 5.75 Å². The average Bonchev–Trinajstić information content (AvgIpc) is 2.53. The molecule has 0 saturated heterocycles. The lowest BCUT2D eigenvalue weighted by Gasteiger charge is -2.17. The minimum Gasteiger partial charge on any atom is -0.508 e. The van der Waals surface area contributed by atoms with Crippen molar-refractivity contribution in [3.05, 3.63) is 64.7 Å². The lowest BCUT2D eigenvalue weighted by Crippen LogP contribution is -2.26. The Morgan fingerprint density at radius 1 is 1.19 bits per heavy atom. The number of amides is 1. The van der Waals surface area contributed by atoms with Crippen molar-refractivity contribution in [3.8, 4) is 5.75 Å². The number of para-hydroxylation sites is 1. The van der Waals surface area contributed by atoms with Crippen LogP contribution in [-0.2, 0) is 19.5 Å². The Labute approximate surface area is 123 Å². The summed E-state index contributed by atoms with van der Waals surface area (Å²) in [6, 6.07) is 12.9. The van der Waals surface area contributed by atoms with Gasteiger partial charge in [0.05, 0.1) is 0 Å². The third-order valence-electron chi connectivity index (χ3n) is 3.79. The summed E-state index contributed by atoms with van der Waals surface area (Å²) in [6.07, 6.45) is 1.01. The summed E-state index contributed by atoms with van der Waals surface area (Å²) in [5.74, 6) is 0.0825. The SMILES string of the molecule is O=C(NCc1ccccc1O)c1ccc2c(c1)CNCC2. The van der Waals surface area contributed by atoms with Crippen LogP contribution in [0.1, 0.15) is 27.0 Å². The lowest BCUT2D eigenvalue weighted by molar-refractivity contribution is 0.0950. The Morgan fingerprint density at radius 3 is 2.90 bits per heavy atom. The quantitative estimate of drug-likeness (QED) is 0.806. The van der Waals surface area contributed by atoms with Crippen LogP contribution in [0.3, 0.4) is 0 Å². The number of carbonyl (C=O) groups is 1. The molecule has 0 bridgehead atoms. The van der Waals surface area contributed by atoms with Gasteiger partial charge in [0.2, 0.25) is 0 Å². The van der Waals surface area contributed by atoms with Gasteiger partial charge in [0, 0.05) is 24.2 Å². The molecule has 3 N–H and O–H groups in total. The first-order valence-electron chi connectivity index (χ1n) is 7.11. The zero-order chi connectivity index (χ0) is 14.7. The van der Waals surface area contributed by atoms with Crippen LogP contribution in [0, 0.1) is 0 Å². The summed E-state index contributed by atoms with van der Waals surface area (Å²) in [7, 11) is 0. The number of phenols is 1. The molecule has 0 unspecified atom stereocenters. The molecule has 1 aliphatic heterocycles. The topological polar surface area (TPSA) is 61.4 Å². The molecular weight excluding hydrogens is 264 g/mol. The third-order valence-corrected chi connectivity index (χ3v) is 3.79. The van der Waals surface area contributed by atoms with Crippen molar-refractivity contribution in [2.24, 2.45) is 0 Å². The number of phenolic OH excluding ortho intramolecular Hbond substituents is 1. The highest BCUT2D eigenvalue weighted by Crippen LogP contribution is 2.17. The van der Waals surface area contributed by atoms with Crippen molar-refractivity contribution in [1.29, 1.82) is 0 Å². The van der Waals surface area contributed by atoms with Gasteiger partial charge in [0.1, 0.15) is 5.75 Å². The molecule has 2 aromatic rings. The van der Waals surface area contributed by atoms with E-state index in [-0.39, 0.29) is 11.7 Å². The van der Waals surface area contributed by atoms with Crippen molar-refractivity contribution >= 4 is 5.91 Å². The Hall–Kier alpha value is -2.33. The monoisotopic (exact) mass is 282 g/mol. The fourth-order valence-corrected chi connectivity index (χ4v) is 2.56. The van der Waals surface area contributed by atoms with Crippen LogP contribution < -0.4 is 10.6 Å². The molecule has 4 nitrogen and oxygen atoms in total. The second kappa shape index (κ2) is 5.97. The van der Waals surface area contributed by atoms with Crippen LogP contribution in [-0.4, -0.2) is 17.6 Å². The number of aromatic hydroxyl groups is 1. The van der Waals surface area contributed by atoms with Crippen molar-refractivity contribution < 1.29 is 9.90 Å². The highest BCUT2D eigenvalue weighted by Gasteiger charge is 2.12. The van der Waals surface area contributed by atoms with Gasteiger partial charge in [-0.25, -0.2) is 0 Å². The van der Waals surface area contributed by atoms with Crippen LogP contribution in [0.4, 0.5) is 0 Å². The maximum absolute atomic E-state index is 12.2. The number of hydrogen-bond donors (Lipinski definition) is 3. The van der Waals surface area contributed by atoms with Gasteiger partial charge in [-0.1, -0.05) is 24.3 Å². The second-order valence-corrected chi connectivity index (χ2v) is 5.22. The number of carbonyl (C=O) groups excluding carboxylic acids is 1. The predicted molar refractivity (Wildman–Crippen MR) is 81.1 cm³/mol. The summed E-state index contributed by atoms with van der Waals surface area (Å²) >= 11 is 0. The molecule has 1 amide bonds. The van der Waals surface area contributed by atoms with Crippen LogP contribution in [0.15, 0.2) is 42.5 Å². The van der Waals surface area contributed by atoms with Gasteiger partial charge in [-0.15, -0.1) is 0 Å². The summed E-state index contributed by atoms with van der Waals surface area (Å²) in [5, 5.41) is 15.8. The molecule has 0 fully saturated rings. The van der Waals surface area contributed by atoms with Gasteiger partial charge in [0.25, 0.3) is 5.91 Å². The van der Waals surface area contributed by atoms with Gasteiger partial charge in [-0.05, 0) is 42.3 Å². The highest BCUT2D eigenvalue weighted by molar-refractivity contribution is 5.94. The Balaban J connectivity index is 1.69. The fraction of sp³-hybridized carbons (Fsp3) is 0.235. The zero-order valence-electron chi connectivity index (χ0n) is 11.7. The Morgan fingerprint density at radius 2 is 2.05 bits per heavy atom. The summed E-state index contributed by atoms with van der Waals surface area (Å²) in [6.45, 7) is 2.13.